The Morgan fingerprint density at radius 1 is 1.10 bits per heavy atom. The first-order valence-electron chi connectivity index (χ1n) is 6.15. The van der Waals surface area contributed by atoms with E-state index in [-0.39, 0.29) is 0 Å². The summed E-state index contributed by atoms with van der Waals surface area (Å²) in [7, 11) is 0. The third-order valence-corrected chi connectivity index (χ3v) is 2.76. The van der Waals surface area contributed by atoms with Gasteiger partial charge in [0, 0.05) is 6.54 Å². The Morgan fingerprint density at radius 3 is 2.50 bits per heavy atom. The number of hydrogen-bond acceptors (Lipinski definition) is 3. The molecule has 0 amide bonds. The lowest BCUT2D eigenvalue weighted by atomic mass is 10.1. The Hall–Kier alpha value is -2.11. The van der Waals surface area contributed by atoms with Crippen LogP contribution < -0.4 is 5.32 Å². The van der Waals surface area contributed by atoms with E-state index in [0.29, 0.717) is 12.4 Å². The van der Waals surface area contributed by atoms with Crippen molar-refractivity contribution in [2.45, 2.75) is 19.5 Å². The molecule has 3 nitrogen and oxygen atoms in total. The number of halogens is 3. The van der Waals surface area contributed by atoms with Gasteiger partial charge in [-0.2, -0.15) is 13.2 Å². The fourth-order valence-corrected chi connectivity index (χ4v) is 1.78. The number of aromatic nitrogens is 2. The highest BCUT2D eigenvalue weighted by molar-refractivity contribution is 5.34. The van der Waals surface area contributed by atoms with Gasteiger partial charge >= 0.3 is 6.18 Å². The highest BCUT2D eigenvalue weighted by Gasteiger charge is 2.32. The zero-order valence-corrected chi connectivity index (χ0v) is 10.9. The molecule has 1 aromatic carbocycles. The maximum absolute atomic E-state index is 12.3. The quantitative estimate of drug-likeness (QED) is 0.932. The number of anilines is 1. The number of alkyl halides is 3. The minimum absolute atomic E-state index is 0.339. The van der Waals surface area contributed by atoms with Gasteiger partial charge in [0.1, 0.15) is 5.82 Å². The lowest BCUT2D eigenvalue weighted by molar-refractivity contribution is -0.141. The molecule has 1 aromatic heterocycles. The molecule has 0 atom stereocenters. The van der Waals surface area contributed by atoms with Crippen LogP contribution in [0.15, 0.2) is 36.4 Å². The molecule has 0 aliphatic carbocycles. The first-order chi connectivity index (χ1) is 9.45. The Balaban J connectivity index is 1.88. The molecule has 0 bridgehead atoms. The summed E-state index contributed by atoms with van der Waals surface area (Å²) >= 11 is 0. The fourth-order valence-electron chi connectivity index (χ4n) is 1.78. The smallest absolute Gasteiger partial charge is 0.368 e. The van der Waals surface area contributed by atoms with Crippen molar-refractivity contribution >= 4 is 5.82 Å². The first kappa shape index (κ1) is 14.3. The molecule has 0 aliphatic rings. The molecule has 106 valence electrons. The predicted molar refractivity (Wildman–Crippen MR) is 70.4 cm³/mol. The molecular weight excluding hydrogens is 267 g/mol. The number of nitrogens with zero attached hydrogens (tertiary/aromatic N) is 2. The Kier molecular flexibility index (Phi) is 4.22. The highest BCUT2D eigenvalue weighted by atomic mass is 19.4. The summed E-state index contributed by atoms with van der Waals surface area (Å²) in [6.07, 6.45) is -3.68. The fraction of sp³-hybridized carbons (Fsp3) is 0.286. The molecule has 0 saturated carbocycles. The maximum atomic E-state index is 12.3. The zero-order valence-electron chi connectivity index (χ0n) is 10.9. The van der Waals surface area contributed by atoms with Crippen LogP contribution in [0.1, 0.15) is 16.8 Å². The van der Waals surface area contributed by atoms with Gasteiger partial charge in [-0.15, -0.1) is 10.2 Å². The van der Waals surface area contributed by atoms with Crippen LogP contribution in [0.4, 0.5) is 19.0 Å². The summed E-state index contributed by atoms with van der Waals surface area (Å²) in [6.45, 7) is 2.60. The zero-order chi connectivity index (χ0) is 14.6. The van der Waals surface area contributed by atoms with E-state index in [4.69, 9.17) is 0 Å². The number of rotatable bonds is 4. The van der Waals surface area contributed by atoms with Crippen molar-refractivity contribution in [1.82, 2.24) is 10.2 Å². The second kappa shape index (κ2) is 5.90. The lowest BCUT2D eigenvalue weighted by Crippen LogP contribution is -2.11. The molecule has 2 aromatic rings. The van der Waals surface area contributed by atoms with Gasteiger partial charge in [0.2, 0.25) is 0 Å². The Labute approximate surface area is 114 Å². The predicted octanol–water partition coefficient (Wildman–Crippen LogP) is 3.46. The van der Waals surface area contributed by atoms with Crippen molar-refractivity contribution in [3.63, 3.8) is 0 Å². The minimum Gasteiger partial charge on any atom is -0.368 e. The Morgan fingerprint density at radius 2 is 1.90 bits per heavy atom. The second-order valence-electron chi connectivity index (χ2n) is 4.47. The van der Waals surface area contributed by atoms with Crippen LogP contribution in [0.25, 0.3) is 0 Å². The van der Waals surface area contributed by atoms with Crippen LogP contribution >= 0.6 is 0 Å². The van der Waals surface area contributed by atoms with E-state index >= 15 is 0 Å². The van der Waals surface area contributed by atoms with Crippen molar-refractivity contribution in [3.8, 4) is 0 Å². The van der Waals surface area contributed by atoms with Gasteiger partial charge in [-0.3, -0.25) is 0 Å². The molecule has 0 saturated heterocycles. The van der Waals surface area contributed by atoms with Crippen molar-refractivity contribution in [2.24, 2.45) is 0 Å². The van der Waals surface area contributed by atoms with Crippen LogP contribution in [-0.2, 0) is 12.6 Å². The normalized spacial score (nSPS) is 11.4. The molecule has 0 spiro atoms. The third-order valence-electron chi connectivity index (χ3n) is 2.76. The van der Waals surface area contributed by atoms with Gasteiger partial charge in [0.25, 0.3) is 0 Å². The minimum atomic E-state index is -4.45. The van der Waals surface area contributed by atoms with E-state index in [0.717, 1.165) is 18.1 Å². The summed E-state index contributed by atoms with van der Waals surface area (Å²) in [4.78, 5) is 0. The first-order valence-corrected chi connectivity index (χ1v) is 6.15. The molecular formula is C14H14F3N3. The summed E-state index contributed by atoms with van der Waals surface area (Å²) < 4.78 is 36.9. The van der Waals surface area contributed by atoms with Gasteiger partial charge < -0.3 is 5.32 Å². The van der Waals surface area contributed by atoms with Crippen LogP contribution in [-0.4, -0.2) is 16.7 Å². The van der Waals surface area contributed by atoms with E-state index in [2.05, 4.69) is 21.6 Å². The molecule has 0 aliphatic heterocycles. The third kappa shape index (κ3) is 3.94. The van der Waals surface area contributed by atoms with Crippen molar-refractivity contribution in [2.75, 3.05) is 11.9 Å². The summed E-state index contributed by atoms with van der Waals surface area (Å²) in [5, 5.41) is 9.62. The number of hydrogen-bond donors (Lipinski definition) is 1. The van der Waals surface area contributed by atoms with Gasteiger partial charge in [0.15, 0.2) is 5.69 Å². The average molecular weight is 281 g/mol. The standard InChI is InChI=1S/C14H14F3N3/c1-10-3-2-4-11(9-10)7-8-18-13-6-5-12(19-20-13)14(15,16)17/h2-6,9H,7-8H2,1H3,(H,18,20). The Bertz CT molecular complexity index is 565. The lowest BCUT2D eigenvalue weighted by Gasteiger charge is -2.07. The van der Waals surface area contributed by atoms with E-state index in [9.17, 15) is 13.2 Å². The van der Waals surface area contributed by atoms with Gasteiger partial charge in [-0.05, 0) is 31.0 Å². The van der Waals surface area contributed by atoms with Crippen LogP contribution in [0.2, 0.25) is 0 Å². The van der Waals surface area contributed by atoms with E-state index in [1.54, 1.807) is 0 Å². The average Bonchev–Trinajstić information content (AvgIpc) is 2.38. The van der Waals surface area contributed by atoms with Crippen molar-refractivity contribution < 1.29 is 13.2 Å². The monoisotopic (exact) mass is 281 g/mol. The topological polar surface area (TPSA) is 37.8 Å². The summed E-state index contributed by atoms with van der Waals surface area (Å²) in [5.74, 6) is 0.339. The number of aryl methyl sites for hydroxylation is 1. The van der Waals surface area contributed by atoms with Crippen LogP contribution in [0, 0.1) is 6.92 Å². The van der Waals surface area contributed by atoms with Crippen LogP contribution in [0.5, 0.6) is 0 Å². The van der Waals surface area contributed by atoms with Gasteiger partial charge in [0.05, 0.1) is 0 Å². The van der Waals surface area contributed by atoms with E-state index in [1.165, 1.54) is 11.6 Å². The molecule has 0 radical (unpaired) electrons. The van der Waals surface area contributed by atoms with Gasteiger partial charge in [-0.25, -0.2) is 0 Å². The van der Waals surface area contributed by atoms with E-state index in [1.807, 2.05) is 25.1 Å². The summed E-state index contributed by atoms with van der Waals surface area (Å²) in [6, 6.07) is 10.3. The van der Waals surface area contributed by atoms with Crippen molar-refractivity contribution in [1.29, 1.82) is 0 Å². The highest BCUT2D eigenvalue weighted by Crippen LogP contribution is 2.26. The SMILES string of the molecule is Cc1cccc(CCNc2ccc(C(F)(F)F)nn2)c1. The summed E-state index contributed by atoms with van der Waals surface area (Å²) in [5.41, 5.74) is 1.36. The molecule has 1 N–H and O–H groups in total. The molecule has 0 unspecified atom stereocenters. The van der Waals surface area contributed by atoms with Gasteiger partial charge in [-0.1, -0.05) is 29.8 Å². The second-order valence-corrected chi connectivity index (χ2v) is 4.47. The van der Waals surface area contributed by atoms with Crippen molar-refractivity contribution in [3.05, 3.63) is 53.2 Å². The molecule has 0 fully saturated rings. The van der Waals surface area contributed by atoms with E-state index < -0.39 is 11.9 Å². The molecule has 20 heavy (non-hydrogen) atoms. The van der Waals surface area contributed by atoms with Crippen LogP contribution in [0.3, 0.4) is 0 Å². The molecule has 6 heteroatoms. The number of nitrogens with one attached hydrogen (secondary N) is 1. The molecule has 1 heterocycles. The molecule has 2 rings (SSSR count). The maximum Gasteiger partial charge on any atom is 0.435 e. The number of benzene rings is 1. The largest absolute Gasteiger partial charge is 0.435 e.